The molecule has 106 valence electrons. The van der Waals surface area contributed by atoms with Crippen molar-refractivity contribution in [2.75, 3.05) is 10.5 Å². The number of aromatic nitrogens is 1. The van der Waals surface area contributed by atoms with Crippen LogP contribution in [0.3, 0.4) is 0 Å². The Bertz CT molecular complexity index is 760. The standard InChI is InChI=1S/C13H14ClN3O2S/c1-8-3-4-16-7-12(8)17-20(18,19)13-6-10(14)5-11(15)9(13)2/h3-7,17H,15H2,1-2H3. The van der Waals surface area contributed by atoms with Crippen LogP contribution < -0.4 is 10.5 Å². The predicted octanol–water partition coefficient (Wildman–Crippen LogP) is 2.73. The van der Waals surface area contributed by atoms with Crippen molar-refractivity contribution < 1.29 is 8.42 Å². The van der Waals surface area contributed by atoms with Crippen molar-refractivity contribution in [1.29, 1.82) is 0 Å². The summed E-state index contributed by atoms with van der Waals surface area (Å²) in [4.78, 5) is 3.96. The van der Waals surface area contributed by atoms with E-state index >= 15 is 0 Å². The van der Waals surface area contributed by atoms with E-state index < -0.39 is 10.0 Å². The molecule has 1 heterocycles. The molecule has 1 aromatic carbocycles. The third-order valence-corrected chi connectivity index (χ3v) is 4.65. The molecular formula is C13H14ClN3O2S. The summed E-state index contributed by atoms with van der Waals surface area (Å²) in [6, 6.07) is 4.61. The predicted molar refractivity (Wildman–Crippen MR) is 80.4 cm³/mol. The maximum Gasteiger partial charge on any atom is 0.262 e. The van der Waals surface area contributed by atoms with E-state index in [1.54, 1.807) is 26.1 Å². The summed E-state index contributed by atoms with van der Waals surface area (Å²) in [6.45, 7) is 3.43. The van der Waals surface area contributed by atoms with Crippen LogP contribution in [0.2, 0.25) is 5.02 Å². The lowest BCUT2D eigenvalue weighted by atomic mass is 10.2. The summed E-state index contributed by atoms with van der Waals surface area (Å²) in [7, 11) is -3.77. The molecule has 0 aliphatic carbocycles. The van der Waals surface area contributed by atoms with Crippen molar-refractivity contribution in [1.82, 2.24) is 4.98 Å². The van der Waals surface area contributed by atoms with Gasteiger partial charge < -0.3 is 5.73 Å². The Morgan fingerprint density at radius 1 is 1.30 bits per heavy atom. The Hall–Kier alpha value is -1.79. The van der Waals surface area contributed by atoms with Gasteiger partial charge in [0.15, 0.2) is 0 Å². The number of nitrogens with one attached hydrogen (secondary N) is 1. The summed E-state index contributed by atoms with van der Waals surface area (Å²) in [5, 5.41) is 0.274. The van der Waals surface area contributed by atoms with Crippen molar-refractivity contribution in [3.63, 3.8) is 0 Å². The average Bonchev–Trinajstić information content (AvgIpc) is 2.36. The van der Waals surface area contributed by atoms with Crippen LogP contribution in [0.1, 0.15) is 11.1 Å². The van der Waals surface area contributed by atoms with Gasteiger partial charge in [-0.3, -0.25) is 9.71 Å². The zero-order valence-corrected chi connectivity index (χ0v) is 12.6. The van der Waals surface area contributed by atoms with E-state index in [4.69, 9.17) is 17.3 Å². The van der Waals surface area contributed by atoms with Gasteiger partial charge in [0.1, 0.15) is 0 Å². The van der Waals surface area contributed by atoms with Gasteiger partial charge in [-0.2, -0.15) is 0 Å². The number of pyridine rings is 1. The number of benzene rings is 1. The van der Waals surface area contributed by atoms with Crippen molar-refractivity contribution in [2.24, 2.45) is 0 Å². The van der Waals surface area contributed by atoms with Crippen LogP contribution in [0.4, 0.5) is 11.4 Å². The fraction of sp³-hybridized carbons (Fsp3) is 0.154. The molecule has 0 amide bonds. The van der Waals surface area contributed by atoms with Crippen LogP contribution in [0.15, 0.2) is 35.5 Å². The van der Waals surface area contributed by atoms with Gasteiger partial charge in [0, 0.05) is 16.9 Å². The molecule has 2 aromatic rings. The molecule has 0 unspecified atom stereocenters. The smallest absolute Gasteiger partial charge is 0.262 e. The monoisotopic (exact) mass is 311 g/mol. The molecule has 3 N–H and O–H groups in total. The number of rotatable bonds is 3. The number of sulfonamides is 1. The van der Waals surface area contributed by atoms with Gasteiger partial charge in [-0.05, 0) is 43.2 Å². The van der Waals surface area contributed by atoms with Crippen LogP contribution in [0, 0.1) is 13.8 Å². The van der Waals surface area contributed by atoms with Crippen molar-refractivity contribution in [3.05, 3.63) is 46.7 Å². The Morgan fingerprint density at radius 3 is 2.65 bits per heavy atom. The van der Waals surface area contributed by atoms with E-state index in [1.165, 1.54) is 18.3 Å². The maximum atomic E-state index is 12.4. The molecule has 0 radical (unpaired) electrons. The minimum atomic E-state index is -3.77. The van der Waals surface area contributed by atoms with Gasteiger partial charge in [0.05, 0.1) is 16.8 Å². The van der Waals surface area contributed by atoms with E-state index in [9.17, 15) is 8.42 Å². The fourth-order valence-corrected chi connectivity index (χ4v) is 3.43. The molecule has 1 aromatic heterocycles. The largest absolute Gasteiger partial charge is 0.398 e. The average molecular weight is 312 g/mol. The van der Waals surface area contributed by atoms with Gasteiger partial charge >= 0.3 is 0 Å². The third kappa shape index (κ3) is 2.86. The van der Waals surface area contributed by atoms with Crippen LogP contribution in [0.25, 0.3) is 0 Å². The van der Waals surface area contributed by atoms with Gasteiger partial charge in [-0.25, -0.2) is 8.42 Å². The Morgan fingerprint density at radius 2 is 2.00 bits per heavy atom. The Labute approximate surface area is 122 Å². The molecule has 7 heteroatoms. The zero-order chi connectivity index (χ0) is 14.9. The highest BCUT2D eigenvalue weighted by Crippen LogP contribution is 2.28. The van der Waals surface area contributed by atoms with Gasteiger partial charge in [-0.15, -0.1) is 0 Å². The van der Waals surface area contributed by atoms with Crippen molar-refractivity contribution >= 4 is 33.0 Å². The highest BCUT2D eigenvalue weighted by Gasteiger charge is 2.20. The van der Waals surface area contributed by atoms with Crippen LogP contribution in [0.5, 0.6) is 0 Å². The number of nitrogen functional groups attached to an aromatic ring is 1. The fourth-order valence-electron chi connectivity index (χ4n) is 1.72. The number of hydrogen-bond donors (Lipinski definition) is 2. The van der Waals surface area contributed by atoms with Crippen LogP contribution in [-0.4, -0.2) is 13.4 Å². The first-order chi connectivity index (χ1) is 9.31. The van der Waals surface area contributed by atoms with Crippen molar-refractivity contribution in [2.45, 2.75) is 18.7 Å². The summed E-state index contributed by atoms with van der Waals surface area (Å²) in [6.07, 6.45) is 3.05. The van der Waals surface area contributed by atoms with Crippen LogP contribution in [-0.2, 0) is 10.0 Å². The lowest BCUT2D eigenvalue weighted by Crippen LogP contribution is -2.16. The summed E-state index contributed by atoms with van der Waals surface area (Å²) >= 11 is 5.88. The highest BCUT2D eigenvalue weighted by atomic mass is 35.5. The third-order valence-electron chi connectivity index (χ3n) is 2.94. The number of aryl methyl sites for hydroxylation is 1. The minimum Gasteiger partial charge on any atom is -0.398 e. The molecule has 20 heavy (non-hydrogen) atoms. The molecule has 0 bridgehead atoms. The molecule has 0 aliphatic heterocycles. The molecule has 0 saturated heterocycles. The normalized spacial score (nSPS) is 11.3. The van der Waals surface area contributed by atoms with E-state index in [2.05, 4.69) is 9.71 Å². The number of halogens is 1. The number of nitrogens with zero attached hydrogens (tertiary/aromatic N) is 1. The number of anilines is 2. The minimum absolute atomic E-state index is 0.0609. The molecule has 2 rings (SSSR count). The molecular weight excluding hydrogens is 298 g/mol. The summed E-state index contributed by atoms with van der Waals surface area (Å²) in [5.74, 6) is 0. The maximum absolute atomic E-state index is 12.4. The van der Waals surface area contributed by atoms with Gasteiger partial charge in [-0.1, -0.05) is 11.6 Å². The van der Waals surface area contributed by atoms with E-state index in [0.717, 1.165) is 5.56 Å². The molecule has 0 atom stereocenters. The van der Waals surface area contributed by atoms with Crippen molar-refractivity contribution in [3.8, 4) is 0 Å². The second-order valence-corrected chi connectivity index (χ2v) is 6.50. The topological polar surface area (TPSA) is 85.1 Å². The molecule has 0 fully saturated rings. The Balaban J connectivity index is 2.49. The van der Waals surface area contributed by atoms with Gasteiger partial charge in [0.2, 0.25) is 0 Å². The summed E-state index contributed by atoms with van der Waals surface area (Å²) in [5.41, 5.74) is 7.74. The first-order valence-corrected chi connectivity index (χ1v) is 7.66. The molecule has 0 spiro atoms. The highest BCUT2D eigenvalue weighted by molar-refractivity contribution is 7.92. The first kappa shape index (κ1) is 14.6. The number of hydrogen-bond acceptors (Lipinski definition) is 4. The Kier molecular flexibility index (Phi) is 3.87. The molecule has 0 saturated carbocycles. The summed E-state index contributed by atoms with van der Waals surface area (Å²) < 4.78 is 27.3. The van der Waals surface area contributed by atoms with E-state index in [1.807, 2.05) is 0 Å². The SMILES string of the molecule is Cc1ccncc1NS(=O)(=O)c1cc(Cl)cc(N)c1C. The lowest BCUT2D eigenvalue weighted by molar-refractivity contribution is 0.600. The van der Waals surface area contributed by atoms with Gasteiger partial charge in [0.25, 0.3) is 10.0 Å². The van der Waals surface area contributed by atoms with E-state index in [0.29, 0.717) is 16.9 Å². The second-order valence-electron chi connectivity index (χ2n) is 4.41. The molecule has 0 aliphatic rings. The zero-order valence-electron chi connectivity index (χ0n) is 11.0. The van der Waals surface area contributed by atoms with E-state index in [-0.39, 0.29) is 9.92 Å². The number of nitrogens with two attached hydrogens (primary N) is 1. The lowest BCUT2D eigenvalue weighted by Gasteiger charge is -2.13. The van der Waals surface area contributed by atoms with Crippen LogP contribution >= 0.6 is 11.6 Å². The molecule has 5 nitrogen and oxygen atoms in total. The first-order valence-electron chi connectivity index (χ1n) is 5.80. The second kappa shape index (κ2) is 5.30. The quantitative estimate of drug-likeness (QED) is 0.853.